The molecule has 1 aromatic rings. The first-order valence-electron chi connectivity index (χ1n) is 6.16. The van der Waals surface area contributed by atoms with Crippen LogP contribution in [0.2, 0.25) is 5.02 Å². The Morgan fingerprint density at radius 3 is 2.79 bits per heavy atom. The molecule has 2 N–H and O–H groups in total. The third-order valence-corrected chi connectivity index (χ3v) is 4.23. The molecule has 104 valence electrons. The van der Waals surface area contributed by atoms with E-state index in [2.05, 4.69) is 5.32 Å². The first-order chi connectivity index (χ1) is 8.82. The van der Waals surface area contributed by atoms with Gasteiger partial charge in [-0.3, -0.25) is 10.1 Å². The zero-order chi connectivity index (χ0) is 14.2. The maximum atomic E-state index is 10.9. The number of benzene rings is 1. The van der Waals surface area contributed by atoms with Crippen molar-refractivity contribution in [1.82, 2.24) is 5.32 Å². The zero-order valence-corrected chi connectivity index (χ0v) is 11.6. The maximum absolute atomic E-state index is 10.9. The Morgan fingerprint density at radius 1 is 1.58 bits per heavy atom. The smallest absolute Gasteiger partial charge is 0.273 e. The molecule has 1 aliphatic rings. The molecule has 0 saturated heterocycles. The molecule has 5 nitrogen and oxygen atoms in total. The van der Waals surface area contributed by atoms with Gasteiger partial charge < -0.3 is 10.4 Å². The van der Waals surface area contributed by atoms with Gasteiger partial charge in [-0.05, 0) is 18.6 Å². The van der Waals surface area contributed by atoms with Crippen LogP contribution < -0.4 is 5.32 Å². The SMILES string of the molecule is CC1(C)C(O)CC1NCc1cc(Cl)ccc1[N+](=O)[O-]. The zero-order valence-electron chi connectivity index (χ0n) is 10.9. The van der Waals surface area contributed by atoms with Gasteiger partial charge in [-0.15, -0.1) is 0 Å². The average molecular weight is 285 g/mol. The minimum absolute atomic E-state index is 0.0644. The van der Waals surface area contributed by atoms with Gasteiger partial charge in [0, 0.05) is 34.7 Å². The second kappa shape index (κ2) is 5.07. The number of hydrogen-bond donors (Lipinski definition) is 2. The van der Waals surface area contributed by atoms with Gasteiger partial charge in [0.15, 0.2) is 0 Å². The number of halogens is 1. The number of aliphatic hydroxyl groups excluding tert-OH is 1. The van der Waals surface area contributed by atoms with Gasteiger partial charge in [0.2, 0.25) is 0 Å². The van der Waals surface area contributed by atoms with E-state index < -0.39 is 4.92 Å². The van der Waals surface area contributed by atoms with Crippen LogP contribution in [-0.2, 0) is 6.54 Å². The van der Waals surface area contributed by atoms with Crippen LogP contribution in [0.4, 0.5) is 5.69 Å². The minimum Gasteiger partial charge on any atom is -0.392 e. The fraction of sp³-hybridized carbons (Fsp3) is 0.538. The van der Waals surface area contributed by atoms with Gasteiger partial charge in [0.25, 0.3) is 5.69 Å². The highest BCUT2D eigenvalue weighted by Gasteiger charge is 2.46. The van der Waals surface area contributed by atoms with Crippen LogP contribution >= 0.6 is 11.6 Å². The van der Waals surface area contributed by atoms with E-state index in [0.29, 0.717) is 23.6 Å². The first-order valence-corrected chi connectivity index (χ1v) is 6.54. The molecule has 2 rings (SSSR count). The molecular weight excluding hydrogens is 268 g/mol. The predicted octanol–water partition coefficient (Wildman–Crippen LogP) is 2.50. The standard InChI is InChI=1S/C13H17ClN2O3/c1-13(2)11(6-12(13)17)15-7-8-5-9(14)3-4-10(8)16(18)19/h3-5,11-12,15,17H,6-7H2,1-2H3. The minimum atomic E-state index is -0.409. The van der Waals surface area contributed by atoms with E-state index in [-0.39, 0.29) is 23.2 Å². The van der Waals surface area contributed by atoms with Gasteiger partial charge in [-0.1, -0.05) is 25.4 Å². The quantitative estimate of drug-likeness (QED) is 0.658. The van der Waals surface area contributed by atoms with Crippen LogP contribution in [0.5, 0.6) is 0 Å². The van der Waals surface area contributed by atoms with Gasteiger partial charge in [-0.2, -0.15) is 0 Å². The summed E-state index contributed by atoms with van der Waals surface area (Å²) in [7, 11) is 0. The van der Waals surface area contributed by atoms with E-state index in [0.717, 1.165) is 0 Å². The summed E-state index contributed by atoms with van der Waals surface area (Å²) in [5.41, 5.74) is 0.428. The molecule has 0 bridgehead atoms. The lowest BCUT2D eigenvalue weighted by Crippen LogP contribution is -2.59. The van der Waals surface area contributed by atoms with E-state index in [1.807, 2.05) is 13.8 Å². The maximum Gasteiger partial charge on any atom is 0.273 e. The fourth-order valence-corrected chi connectivity index (χ4v) is 2.55. The number of nitro benzene ring substituents is 1. The lowest BCUT2D eigenvalue weighted by Gasteiger charge is -2.49. The highest BCUT2D eigenvalue weighted by molar-refractivity contribution is 6.30. The summed E-state index contributed by atoms with van der Waals surface area (Å²) in [6.45, 7) is 4.33. The summed E-state index contributed by atoms with van der Waals surface area (Å²) in [6, 6.07) is 4.69. The van der Waals surface area contributed by atoms with Gasteiger partial charge >= 0.3 is 0 Å². The van der Waals surface area contributed by atoms with Crippen molar-refractivity contribution in [3.05, 3.63) is 38.9 Å². The van der Waals surface area contributed by atoms with Crippen molar-refractivity contribution in [2.24, 2.45) is 5.41 Å². The topological polar surface area (TPSA) is 75.4 Å². The fourth-order valence-electron chi connectivity index (χ4n) is 2.36. The van der Waals surface area contributed by atoms with Gasteiger partial charge in [-0.25, -0.2) is 0 Å². The van der Waals surface area contributed by atoms with Crippen molar-refractivity contribution in [3.8, 4) is 0 Å². The molecule has 0 aliphatic heterocycles. The summed E-state index contributed by atoms with van der Waals surface area (Å²) in [6.07, 6.45) is 0.348. The monoisotopic (exact) mass is 284 g/mol. The third-order valence-electron chi connectivity index (χ3n) is 3.99. The Hall–Kier alpha value is -1.17. The Morgan fingerprint density at radius 2 is 2.26 bits per heavy atom. The summed E-state index contributed by atoms with van der Waals surface area (Å²) >= 11 is 5.87. The molecule has 0 radical (unpaired) electrons. The molecule has 0 heterocycles. The largest absolute Gasteiger partial charge is 0.392 e. The summed E-state index contributed by atoms with van der Waals surface area (Å²) in [5.74, 6) is 0. The molecule has 1 aliphatic carbocycles. The molecule has 19 heavy (non-hydrogen) atoms. The summed E-state index contributed by atoms with van der Waals surface area (Å²) < 4.78 is 0. The normalized spacial score (nSPS) is 24.8. The highest BCUT2D eigenvalue weighted by atomic mass is 35.5. The van der Waals surface area contributed by atoms with Crippen molar-refractivity contribution in [1.29, 1.82) is 0 Å². The van der Waals surface area contributed by atoms with Crippen LogP contribution in [0.25, 0.3) is 0 Å². The van der Waals surface area contributed by atoms with Crippen molar-refractivity contribution < 1.29 is 10.0 Å². The van der Waals surface area contributed by atoms with E-state index in [9.17, 15) is 15.2 Å². The van der Waals surface area contributed by atoms with Crippen LogP contribution in [0.3, 0.4) is 0 Å². The molecule has 1 aromatic carbocycles. The highest BCUT2D eigenvalue weighted by Crippen LogP contribution is 2.40. The Labute approximate surface area is 116 Å². The van der Waals surface area contributed by atoms with Crippen molar-refractivity contribution >= 4 is 17.3 Å². The molecule has 2 atom stereocenters. The Bertz CT molecular complexity index is 505. The van der Waals surface area contributed by atoms with E-state index >= 15 is 0 Å². The summed E-state index contributed by atoms with van der Waals surface area (Å²) in [4.78, 5) is 10.5. The van der Waals surface area contributed by atoms with E-state index in [1.165, 1.54) is 12.1 Å². The molecule has 6 heteroatoms. The number of rotatable bonds is 4. The third kappa shape index (κ3) is 2.73. The van der Waals surface area contributed by atoms with Crippen LogP contribution in [0.1, 0.15) is 25.8 Å². The second-order valence-electron chi connectivity index (χ2n) is 5.54. The molecule has 0 amide bonds. The van der Waals surface area contributed by atoms with Crippen molar-refractivity contribution in [2.45, 2.75) is 39.0 Å². The Kier molecular flexibility index (Phi) is 3.80. The summed E-state index contributed by atoms with van der Waals surface area (Å²) in [5, 5.41) is 24.3. The van der Waals surface area contributed by atoms with Crippen molar-refractivity contribution in [3.63, 3.8) is 0 Å². The van der Waals surface area contributed by atoms with E-state index in [1.54, 1.807) is 6.07 Å². The van der Waals surface area contributed by atoms with Gasteiger partial charge in [0.05, 0.1) is 11.0 Å². The number of aliphatic hydroxyl groups is 1. The van der Waals surface area contributed by atoms with Crippen LogP contribution in [0.15, 0.2) is 18.2 Å². The van der Waals surface area contributed by atoms with E-state index in [4.69, 9.17) is 11.6 Å². The number of hydrogen-bond acceptors (Lipinski definition) is 4. The molecule has 2 unspecified atom stereocenters. The predicted molar refractivity (Wildman–Crippen MR) is 73.1 cm³/mol. The molecule has 0 aromatic heterocycles. The number of nitro groups is 1. The number of nitrogens with one attached hydrogen (secondary N) is 1. The second-order valence-corrected chi connectivity index (χ2v) is 5.97. The molecule has 1 saturated carbocycles. The average Bonchev–Trinajstić information content (AvgIpc) is 2.33. The van der Waals surface area contributed by atoms with Crippen LogP contribution in [-0.4, -0.2) is 22.2 Å². The molecule has 1 fully saturated rings. The Balaban J connectivity index is 2.08. The molecular formula is C13H17ClN2O3. The molecule has 0 spiro atoms. The first kappa shape index (κ1) is 14.2. The van der Waals surface area contributed by atoms with Gasteiger partial charge in [0.1, 0.15) is 0 Å². The van der Waals surface area contributed by atoms with Crippen molar-refractivity contribution in [2.75, 3.05) is 0 Å². The van der Waals surface area contributed by atoms with Crippen LogP contribution in [0, 0.1) is 15.5 Å². The number of nitrogens with zero attached hydrogens (tertiary/aromatic N) is 1. The lowest BCUT2D eigenvalue weighted by atomic mass is 9.64. The lowest BCUT2D eigenvalue weighted by molar-refractivity contribution is -0.385.